The first-order valence-electron chi connectivity index (χ1n) is 10.0. The quantitative estimate of drug-likeness (QED) is 0.189. The van der Waals surface area contributed by atoms with E-state index in [1.807, 2.05) is 61.5 Å². The van der Waals surface area contributed by atoms with Crippen molar-refractivity contribution in [3.8, 4) is 17.2 Å². The fraction of sp³-hybridized carbons (Fsp3) is 0.200. The Kier molecular flexibility index (Phi) is 8.05. The third-order valence-electron chi connectivity index (χ3n) is 4.27. The molecule has 3 aromatic rings. The molecule has 0 radical (unpaired) electrons. The van der Waals surface area contributed by atoms with Gasteiger partial charge in [0, 0.05) is 5.56 Å². The maximum absolute atomic E-state index is 11.7. The zero-order valence-corrected chi connectivity index (χ0v) is 17.6. The highest BCUT2D eigenvalue weighted by Crippen LogP contribution is 2.22. The summed E-state index contributed by atoms with van der Waals surface area (Å²) in [6, 6.07) is 23.9. The molecular weight excluding hydrogens is 394 g/mol. The topological polar surface area (TPSA) is 66.4 Å². The van der Waals surface area contributed by atoms with Crippen LogP contribution in [0.15, 0.2) is 84.0 Å². The summed E-state index contributed by atoms with van der Waals surface area (Å²) in [4.78, 5) is 17.1. The Bertz CT molecular complexity index is 1000. The van der Waals surface area contributed by atoms with Crippen LogP contribution in [-0.4, -0.2) is 32.0 Å². The number of carbonyl (C=O) groups is 1. The molecule has 0 aliphatic rings. The fourth-order valence-electron chi connectivity index (χ4n) is 2.70. The number of rotatable bonds is 10. The lowest BCUT2D eigenvalue weighted by Crippen LogP contribution is -2.14. The van der Waals surface area contributed by atoms with Crippen LogP contribution < -0.4 is 9.47 Å². The molecular formula is C25H25NO5. The molecule has 3 aromatic carbocycles. The molecule has 0 aliphatic carbocycles. The highest BCUT2D eigenvalue weighted by Gasteiger charge is 2.10. The standard InChI is InChI=1S/C25H25NO5/c1-3-16-30-26-24(18-29-23-11-7-8-20(17-23)25(27)28-2)19-12-14-22(15-13-19)31-21-9-5-4-6-10-21/h4-15,17H,3,16,18H2,1-2H3. The van der Waals surface area contributed by atoms with Crippen LogP contribution in [0, 0.1) is 0 Å². The van der Waals surface area contributed by atoms with Crippen molar-refractivity contribution in [2.45, 2.75) is 13.3 Å². The molecule has 0 saturated heterocycles. The number of nitrogens with zero attached hydrogens (tertiary/aromatic N) is 1. The second kappa shape index (κ2) is 11.4. The van der Waals surface area contributed by atoms with Gasteiger partial charge in [-0.15, -0.1) is 0 Å². The van der Waals surface area contributed by atoms with E-state index in [2.05, 4.69) is 5.16 Å². The summed E-state index contributed by atoms with van der Waals surface area (Å²) in [6.07, 6.45) is 0.850. The monoisotopic (exact) mass is 419 g/mol. The predicted molar refractivity (Wildman–Crippen MR) is 119 cm³/mol. The van der Waals surface area contributed by atoms with Gasteiger partial charge in [-0.1, -0.05) is 36.3 Å². The maximum atomic E-state index is 11.7. The molecule has 6 nitrogen and oxygen atoms in total. The van der Waals surface area contributed by atoms with Crippen molar-refractivity contribution in [1.82, 2.24) is 0 Å². The van der Waals surface area contributed by atoms with E-state index in [4.69, 9.17) is 19.0 Å². The first kappa shape index (κ1) is 21.9. The van der Waals surface area contributed by atoms with Gasteiger partial charge in [-0.3, -0.25) is 0 Å². The average Bonchev–Trinajstić information content (AvgIpc) is 2.82. The third-order valence-corrected chi connectivity index (χ3v) is 4.27. The number of carbonyl (C=O) groups excluding carboxylic acids is 1. The molecule has 0 heterocycles. The minimum absolute atomic E-state index is 0.174. The number of methoxy groups -OCH3 is 1. The highest BCUT2D eigenvalue weighted by molar-refractivity contribution is 6.01. The molecule has 0 aromatic heterocycles. The summed E-state index contributed by atoms with van der Waals surface area (Å²) in [7, 11) is 1.34. The Labute approximate surface area is 182 Å². The number of para-hydroxylation sites is 1. The second-order valence-electron chi connectivity index (χ2n) is 6.62. The largest absolute Gasteiger partial charge is 0.487 e. The van der Waals surface area contributed by atoms with Crippen molar-refractivity contribution in [2.24, 2.45) is 5.16 Å². The Balaban J connectivity index is 1.72. The molecule has 0 bridgehead atoms. The van der Waals surface area contributed by atoms with Gasteiger partial charge in [0.15, 0.2) is 0 Å². The smallest absolute Gasteiger partial charge is 0.337 e. The van der Waals surface area contributed by atoms with E-state index < -0.39 is 5.97 Å². The summed E-state index contributed by atoms with van der Waals surface area (Å²) in [5.41, 5.74) is 1.90. The van der Waals surface area contributed by atoms with Crippen molar-refractivity contribution in [3.05, 3.63) is 90.0 Å². The van der Waals surface area contributed by atoms with Gasteiger partial charge in [0.25, 0.3) is 0 Å². The minimum atomic E-state index is -0.417. The zero-order valence-electron chi connectivity index (χ0n) is 17.6. The molecule has 0 saturated carbocycles. The van der Waals surface area contributed by atoms with E-state index in [0.29, 0.717) is 23.6 Å². The molecule has 6 heteroatoms. The summed E-state index contributed by atoms with van der Waals surface area (Å²) in [6.45, 7) is 2.70. The van der Waals surface area contributed by atoms with Gasteiger partial charge in [-0.2, -0.15) is 0 Å². The number of hydrogen-bond acceptors (Lipinski definition) is 6. The summed E-state index contributed by atoms with van der Waals surface area (Å²) in [5.74, 6) is 1.61. The first-order valence-corrected chi connectivity index (χ1v) is 10.0. The van der Waals surface area contributed by atoms with Crippen LogP contribution in [0.25, 0.3) is 0 Å². The van der Waals surface area contributed by atoms with Crippen LogP contribution in [0.1, 0.15) is 29.3 Å². The fourth-order valence-corrected chi connectivity index (χ4v) is 2.70. The number of ether oxygens (including phenoxy) is 3. The van der Waals surface area contributed by atoms with Crippen molar-refractivity contribution in [1.29, 1.82) is 0 Å². The Morgan fingerprint density at radius 2 is 1.55 bits per heavy atom. The first-order chi connectivity index (χ1) is 15.2. The van der Waals surface area contributed by atoms with Gasteiger partial charge in [0.05, 0.1) is 12.7 Å². The van der Waals surface area contributed by atoms with Gasteiger partial charge >= 0.3 is 5.97 Å². The van der Waals surface area contributed by atoms with Gasteiger partial charge in [0.2, 0.25) is 0 Å². The summed E-state index contributed by atoms with van der Waals surface area (Å²) in [5, 5.41) is 4.25. The van der Waals surface area contributed by atoms with Gasteiger partial charge in [-0.25, -0.2) is 4.79 Å². The Hall–Kier alpha value is -3.80. The van der Waals surface area contributed by atoms with Crippen molar-refractivity contribution < 1.29 is 23.8 Å². The molecule has 0 spiro atoms. The van der Waals surface area contributed by atoms with Gasteiger partial charge in [-0.05, 0) is 61.0 Å². The van der Waals surface area contributed by atoms with Crippen LogP contribution in [0.3, 0.4) is 0 Å². The van der Waals surface area contributed by atoms with E-state index in [9.17, 15) is 4.79 Å². The van der Waals surface area contributed by atoms with Crippen LogP contribution >= 0.6 is 0 Å². The highest BCUT2D eigenvalue weighted by atomic mass is 16.6. The van der Waals surface area contributed by atoms with Crippen LogP contribution in [0.5, 0.6) is 17.2 Å². The molecule has 3 rings (SSSR count). The molecule has 31 heavy (non-hydrogen) atoms. The van der Waals surface area contributed by atoms with E-state index >= 15 is 0 Å². The zero-order chi connectivity index (χ0) is 21.9. The van der Waals surface area contributed by atoms with Crippen molar-refractivity contribution >= 4 is 11.7 Å². The van der Waals surface area contributed by atoms with Crippen LogP contribution in [0.4, 0.5) is 0 Å². The number of benzene rings is 3. The SMILES string of the molecule is CCCON=C(COc1cccc(C(=O)OC)c1)c1ccc(Oc2ccccc2)cc1. The molecule has 0 N–H and O–H groups in total. The Morgan fingerprint density at radius 3 is 2.26 bits per heavy atom. The Morgan fingerprint density at radius 1 is 0.839 bits per heavy atom. The van der Waals surface area contributed by atoms with E-state index in [0.717, 1.165) is 23.5 Å². The third kappa shape index (κ3) is 6.60. The lowest BCUT2D eigenvalue weighted by Gasteiger charge is -2.11. The van der Waals surface area contributed by atoms with Crippen LogP contribution in [0.2, 0.25) is 0 Å². The molecule has 160 valence electrons. The number of esters is 1. The molecule has 0 amide bonds. The van der Waals surface area contributed by atoms with E-state index in [1.165, 1.54) is 7.11 Å². The van der Waals surface area contributed by atoms with E-state index in [-0.39, 0.29) is 6.61 Å². The average molecular weight is 419 g/mol. The van der Waals surface area contributed by atoms with E-state index in [1.54, 1.807) is 24.3 Å². The second-order valence-corrected chi connectivity index (χ2v) is 6.62. The number of oxime groups is 1. The van der Waals surface area contributed by atoms with Crippen molar-refractivity contribution in [2.75, 3.05) is 20.3 Å². The predicted octanol–water partition coefficient (Wildman–Crippen LogP) is 5.48. The number of hydrogen-bond donors (Lipinski definition) is 0. The lowest BCUT2D eigenvalue weighted by atomic mass is 10.1. The van der Waals surface area contributed by atoms with Crippen LogP contribution in [-0.2, 0) is 9.57 Å². The molecule has 0 aliphatic heterocycles. The van der Waals surface area contributed by atoms with Gasteiger partial charge in [0.1, 0.15) is 36.2 Å². The minimum Gasteiger partial charge on any atom is -0.487 e. The molecule has 0 atom stereocenters. The maximum Gasteiger partial charge on any atom is 0.337 e. The van der Waals surface area contributed by atoms with Crippen molar-refractivity contribution in [3.63, 3.8) is 0 Å². The normalized spacial score (nSPS) is 11.0. The summed E-state index contributed by atoms with van der Waals surface area (Å²) >= 11 is 0. The molecule has 0 fully saturated rings. The lowest BCUT2D eigenvalue weighted by molar-refractivity contribution is 0.0600. The molecule has 0 unspecified atom stereocenters. The summed E-state index contributed by atoms with van der Waals surface area (Å²) < 4.78 is 16.5. The van der Waals surface area contributed by atoms with Gasteiger partial charge < -0.3 is 19.0 Å².